The van der Waals surface area contributed by atoms with Crippen LogP contribution in [0.5, 0.6) is 0 Å². The second-order valence-corrected chi connectivity index (χ2v) is 6.60. The molecule has 2 aromatic heterocycles. The third-order valence-electron chi connectivity index (χ3n) is 2.97. The molecule has 0 amide bonds. The zero-order chi connectivity index (χ0) is 13.0. The van der Waals surface area contributed by atoms with Gasteiger partial charge in [0.1, 0.15) is 5.60 Å². The van der Waals surface area contributed by atoms with Crippen molar-refractivity contribution in [3.05, 3.63) is 44.8 Å². The lowest BCUT2D eigenvalue weighted by atomic mass is 10.0. The molecule has 2 N–H and O–H groups in total. The van der Waals surface area contributed by atoms with Gasteiger partial charge in [-0.2, -0.15) is 11.3 Å². The standard InChI is InChI=1S/C14H19NOS2/c1-11(8-12-5-7-17-9-12)15-10-14(2,16)13-4-3-6-18-13/h3-7,9,11,15-16H,8,10H2,1-2H3/t11-,14+/m0/s1. The summed E-state index contributed by atoms with van der Waals surface area (Å²) in [7, 11) is 0. The maximum absolute atomic E-state index is 10.4. The van der Waals surface area contributed by atoms with Crippen LogP contribution in [0.15, 0.2) is 34.3 Å². The predicted octanol–water partition coefficient (Wildman–Crippen LogP) is 3.24. The molecule has 18 heavy (non-hydrogen) atoms. The summed E-state index contributed by atoms with van der Waals surface area (Å²) in [5, 5.41) is 20.1. The number of aliphatic hydroxyl groups is 1. The molecule has 0 aliphatic rings. The molecule has 0 saturated heterocycles. The largest absolute Gasteiger partial charge is 0.383 e. The Morgan fingerprint density at radius 3 is 2.83 bits per heavy atom. The summed E-state index contributed by atoms with van der Waals surface area (Å²) < 4.78 is 0. The summed E-state index contributed by atoms with van der Waals surface area (Å²) in [6, 6.07) is 6.48. The molecule has 0 aromatic carbocycles. The summed E-state index contributed by atoms with van der Waals surface area (Å²) in [4.78, 5) is 1.01. The van der Waals surface area contributed by atoms with Crippen molar-refractivity contribution in [1.29, 1.82) is 0 Å². The number of nitrogens with one attached hydrogen (secondary N) is 1. The summed E-state index contributed by atoms with van der Waals surface area (Å²) >= 11 is 3.33. The zero-order valence-electron chi connectivity index (χ0n) is 10.7. The molecule has 2 nitrogen and oxygen atoms in total. The van der Waals surface area contributed by atoms with E-state index in [1.165, 1.54) is 5.56 Å². The normalized spacial score (nSPS) is 16.4. The first-order chi connectivity index (χ1) is 8.58. The van der Waals surface area contributed by atoms with E-state index in [0.717, 1.165) is 11.3 Å². The highest BCUT2D eigenvalue weighted by atomic mass is 32.1. The smallest absolute Gasteiger partial charge is 0.108 e. The lowest BCUT2D eigenvalue weighted by molar-refractivity contribution is 0.0581. The van der Waals surface area contributed by atoms with Gasteiger partial charge in [-0.1, -0.05) is 6.07 Å². The fourth-order valence-corrected chi connectivity index (χ4v) is 3.35. The van der Waals surface area contributed by atoms with E-state index in [2.05, 4.69) is 29.1 Å². The minimum absolute atomic E-state index is 0.367. The van der Waals surface area contributed by atoms with Crippen molar-refractivity contribution in [2.45, 2.75) is 31.9 Å². The highest BCUT2D eigenvalue weighted by Gasteiger charge is 2.24. The van der Waals surface area contributed by atoms with E-state index in [1.807, 2.05) is 24.4 Å². The van der Waals surface area contributed by atoms with Gasteiger partial charge >= 0.3 is 0 Å². The second kappa shape index (κ2) is 5.97. The van der Waals surface area contributed by atoms with Crippen LogP contribution >= 0.6 is 22.7 Å². The van der Waals surface area contributed by atoms with Crippen molar-refractivity contribution in [2.75, 3.05) is 6.54 Å². The molecule has 0 unspecified atom stereocenters. The zero-order valence-corrected chi connectivity index (χ0v) is 12.4. The first-order valence-electron chi connectivity index (χ1n) is 6.09. The van der Waals surface area contributed by atoms with Crippen LogP contribution in [0.4, 0.5) is 0 Å². The Bertz CT molecular complexity index is 448. The average molecular weight is 281 g/mol. The SMILES string of the molecule is C[C@@H](Cc1ccsc1)NC[C@@](C)(O)c1cccs1. The van der Waals surface area contributed by atoms with Gasteiger partial charge in [-0.25, -0.2) is 0 Å². The van der Waals surface area contributed by atoms with Gasteiger partial charge in [0.05, 0.1) is 0 Å². The lowest BCUT2D eigenvalue weighted by Crippen LogP contribution is -2.40. The fraction of sp³-hybridized carbons (Fsp3) is 0.429. The highest BCUT2D eigenvalue weighted by Crippen LogP contribution is 2.24. The average Bonchev–Trinajstić information content (AvgIpc) is 2.99. The van der Waals surface area contributed by atoms with Gasteiger partial charge in [0.25, 0.3) is 0 Å². The Labute approximate surface area is 116 Å². The van der Waals surface area contributed by atoms with Gasteiger partial charge in [0, 0.05) is 17.5 Å². The maximum atomic E-state index is 10.4. The van der Waals surface area contributed by atoms with E-state index < -0.39 is 5.60 Å². The Morgan fingerprint density at radius 2 is 2.22 bits per heavy atom. The van der Waals surface area contributed by atoms with Crippen molar-refractivity contribution < 1.29 is 5.11 Å². The lowest BCUT2D eigenvalue weighted by Gasteiger charge is -2.25. The van der Waals surface area contributed by atoms with E-state index in [4.69, 9.17) is 0 Å². The van der Waals surface area contributed by atoms with Gasteiger partial charge in [-0.15, -0.1) is 11.3 Å². The molecule has 0 spiro atoms. The molecule has 2 rings (SSSR count). The van der Waals surface area contributed by atoms with Crippen LogP contribution in [0, 0.1) is 0 Å². The van der Waals surface area contributed by atoms with Crippen LogP contribution < -0.4 is 5.32 Å². The highest BCUT2D eigenvalue weighted by molar-refractivity contribution is 7.10. The van der Waals surface area contributed by atoms with Gasteiger partial charge < -0.3 is 10.4 Å². The molecule has 4 heteroatoms. The van der Waals surface area contributed by atoms with E-state index in [9.17, 15) is 5.11 Å². The molecular weight excluding hydrogens is 262 g/mol. The molecule has 0 radical (unpaired) electrons. The summed E-state index contributed by atoms with van der Waals surface area (Å²) in [6.45, 7) is 4.60. The van der Waals surface area contributed by atoms with Crippen molar-refractivity contribution >= 4 is 22.7 Å². The molecule has 0 fully saturated rings. The first kappa shape index (κ1) is 13.7. The quantitative estimate of drug-likeness (QED) is 0.852. The van der Waals surface area contributed by atoms with Gasteiger partial charge in [-0.05, 0) is 54.1 Å². The maximum Gasteiger partial charge on any atom is 0.108 e. The minimum Gasteiger partial charge on any atom is -0.383 e. The van der Waals surface area contributed by atoms with Crippen LogP contribution in [0.3, 0.4) is 0 Å². The monoisotopic (exact) mass is 281 g/mol. The fourth-order valence-electron chi connectivity index (χ4n) is 1.88. The molecule has 2 heterocycles. The Kier molecular flexibility index (Phi) is 4.56. The van der Waals surface area contributed by atoms with Crippen LogP contribution in [-0.2, 0) is 12.0 Å². The van der Waals surface area contributed by atoms with Gasteiger partial charge in [0.2, 0.25) is 0 Å². The van der Waals surface area contributed by atoms with Crippen LogP contribution in [-0.4, -0.2) is 17.7 Å². The predicted molar refractivity (Wildman–Crippen MR) is 79.4 cm³/mol. The van der Waals surface area contributed by atoms with E-state index in [-0.39, 0.29) is 0 Å². The molecule has 0 aliphatic heterocycles. The van der Waals surface area contributed by atoms with Crippen molar-refractivity contribution in [1.82, 2.24) is 5.32 Å². The minimum atomic E-state index is -0.781. The molecule has 0 aliphatic carbocycles. The van der Waals surface area contributed by atoms with Crippen molar-refractivity contribution in [2.24, 2.45) is 0 Å². The van der Waals surface area contributed by atoms with E-state index >= 15 is 0 Å². The molecule has 0 saturated carbocycles. The molecule has 2 atom stereocenters. The second-order valence-electron chi connectivity index (χ2n) is 4.87. The van der Waals surface area contributed by atoms with E-state index in [1.54, 1.807) is 22.7 Å². The van der Waals surface area contributed by atoms with Gasteiger partial charge in [-0.3, -0.25) is 0 Å². The van der Waals surface area contributed by atoms with Gasteiger partial charge in [0.15, 0.2) is 0 Å². The number of hydrogen-bond acceptors (Lipinski definition) is 4. The number of rotatable bonds is 6. The molecule has 0 bridgehead atoms. The number of hydrogen-bond donors (Lipinski definition) is 2. The third kappa shape index (κ3) is 3.65. The van der Waals surface area contributed by atoms with Crippen LogP contribution in [0.1, 0.15) is 24.3 Å². The van der Waals surface area contributed by atoms with Crippen molar-refractivity contribution in [3.8, 4) is 0 Å². The Balaban J connectivity index is 1.84. The van der Waals surface area contributed by atoms with Crippen LogP contribution in [0.2, 0.25) is 0 Å². The van der Waals surface area contributed by atoms with Crippen LogP contribution in [0.25, 0.3) is 0 Å². The first-order valence-corrected chi connectivity index (χ1v) is 7.91. The number of thiophene rings is 2. The summed E-state index contributed by atoms with van der Waals surface area (Å²) in [6.07, 6.45) is 1.00. The molecular formula is C14H19NOS2. The molecule has 98 valence electrons. The summed E-state index contributed by atoms with van der Waals surface area (Å²) in [5.74, 6) is 0. The van der Waals surface area contributed by atoms with Crippen molar-refractivity contribution in [3.63, 3.8) is 0 Å². The van der Waals surface area contributed by atoms with E-state index in [0.29, 0.717) is 12.6 Å². The Morgan fingerprint density at radius 1 is 1.39 bits per heavy atom. The topological polar surface area (TPSA) is 32.3 Å². The third-order valence-corrected chi connectivity index (χ3v) is 4.82. The summed E-state index contributed by atoms with van der Waals surface area (Å²) in [5.41, 5.74) is 0.577. The Hall–Kier alpha value is -0.680. The molecule has 2 aromatic rings.